The topological polar surface area (TPSA) is 158 Å². The number of hydrogen-bond acceptors (Lipinski definition) is 9. The third-order valence-electron chi connectivity index (χ3n) is 5.38. The Morgan fingerprint density at radius 2 is 1.72 bits per heavy atom. The van der Waals surface area contributed by atoms with Gasteiger partial charge in [-0.25, -0.2) is 23.2 Å². The average molecular weight is 571 g/mol. The van der Waals surface area contributed by atoms with Gasteiger partial charge in [-0.3, -0.25) is 9.59 Å². The second-order valence-corrected chi connectivity index (χ2v) is 10.6. The normalized spacial score (nSPS) is 11.3. The van der Waals surface area contributed by atoms with Gasteiger partial charge in [-0.05, 0) is 49.7 Å². The number of esters is 1. The molecule has 0 saturated carbocycles. The zero-order valence-electron chi connectivity index (χ0n) is 20.9. The van der Waals surface area contributed by atoms with Gasteiger partial charge in [0.05, 0.1) is 29.1 Å². The van der Waals surface area contributed by atoms with Gasteiger partial charge in [-0.15, -0.1) is 0 Å². The zero-order valence-corrected chi connectivity index (χ0v) is 22.4. The second-order valence-electron chi connectivity index (χ2n) is 8.18. The van der Waals surface area contributed by atoms with Gasteiger partial charge >= 0.3 is 5.97 Å². The largest absolute Gasteiger partial charge is 0.462 e. The van der Waals surface area contributed by atoms with E-state index >= 15 is 0 Å². The summed E-state index contributed by atoms with van der Waals surface area (Å²) in [5, 5.41) is 4.95. The average Bonchev–Trinajstić information content (AvgIpc) is 3.27. The van der Waals surface area contributed by atoms with Crippen LogP contribution in [0.25, 0.3) is 11.0 Å². The summed E-state index contributed by atoms with van der Waals surface area (Å²) in [6, 6.07) is 12.7. The van der Waals surface area contributed by atoms with E-state index in [0.29, 0.717) is 28.6 Å². The lowest BCUT2D eigenvalue weighted by molar-refractivity contribution is 0.0526. The Hall–Kier alpha value is -4.29. The van der Waals surface area contributed by atoms with Crippen LogP contribution < -0.4 is 10.6 Å². The van der Waals surface area contributed by atoms with Crippen molar-refractivity contribution in [3.05, 3.63) is 76.8 Å². The maximum absolute atomic E-state index is 13.2. The maximum atomic E-state index is 13.2. The van der Waals surface area contributed by atoms with E-state index in [2.05, 4.69) is 20.6 Å². The highest BCUT2D eigenvalue weighted by Gasteiger charge is 2.26. The van der Waals surface area contributed by atoms with E-state index in [1.807, 2.05) is 0 Å². The van der Waals surface area contributed by atoms with Crippen molar-refractivity contribution in [2.75, 3.05) is 23.0 Å². The van der Waals surface area contributed by atoms with E-state index in [0.717, 1.165) is 6.20 Å². The second kappa shape index (κ2) is 11.6. The molecule has 0 aliphatic carbocycles. The number of carbonyl (C=O) groups is 3. The molecule has 39 heavy (non-hydrogen) atoms. The molecule has 0 fully saturated rings. The van der Waals surface area contributed by atoms with Crippen LogP contribution in [0.5, 0.6) is 0 Å². The van der Waals surface area contributed by atoms with Crippen LogP contribution in [0, 0.1) is 0 Å². The van der Waals surface area contributed by atoms with Crippen molar-refractivity contribution < 1.29 is 32.0 Å². The van der Waals surface area contributed by atoms with Crippen LogP contribution >= 0.6 is 11.6 Å². The highest BCUT2D eigenvalue weighted by molar-refractivity contribution is 7.91. The molecule has 4 rings (SSSR count). The number of para-hydroxylation sites is 1. The molecule has 2 amide bonds. The Bertz CT molecular complexity index is 1670. The molecule has 0 spiro atoms. The van der Waals surface area contributed by atoms with Crippen LogP contribution in [0.1, 0.15) is 51.7 Å². The molecule has 2 heterocycles. The van der Waals surface area contributed by atoms with Crippen LogP contribution in [0.4, 0.5) is 11.4 Å². The fourth-order valence-electron chi connectivity index (χ4n) is 3.61. The van der Waals surface area contributed by atoms with E-state index in [9.17, 15) is 22.8 Å². The number of ether oxygens (including phenoxy) is 1. The number of anilines is 2. The lowest BCUT2D eigenvalue weighted by atomic mass is 10.2. The highest BCUT2D eigenvalue weighted by Crippen LogP contribution is 2.32. The lowest BCUT2D eigenvalue weighted by Crippen LogP contribution is -2.20. The first-order valence-electron chi connectivity index (χ1n) is 11.8. The SMILES string of the molecule is CCCS(=O)(=O)c1ncc(Cl)c(C(=O)Nc2c(C(=O)Nc3ccc(C(=O)OCC)cc3)oc3ccccc23)n1. The standard InChI is InChI=1S/C26H23ClN4O7S/c1-3-13-39(35,36)26-28-14-18(27)21(31-26)23(32)30-20-17-7-5-6-8-19(17)38-22(20)24(33)29-16-11-9-15(10-12-16)25(34)37-4-2/h5-12,14H,3-4,13H2,1-2H3,(H,29,33)(H,30,32). The van der Waals surface area contributed by atoms with E-state index in [4.69, 9.17) is 20.8 Å². The van der Waals surface area contributed by atoms with Crippen molar-refractivity contribution in [2.24, 2.45) is 0 Å². The number of amides is 2. The summed E-state index contributed by atoms with van der Waals surface area (Å²) < 4.78 is 35.5. The Kier molecular flexibility index (Phi) is 8.27. The fourth-order valence-corrected chi connectivity index (χ4v) is 4.95. The first-order valence-corrected chi connectivity index (χ1v) is 13.8. The molecule has 0 saturated heterocycles. The molecule has 11 nitrogen and oxygen atoms in total. The van der Waals surface area contributed by atoms with Crippen LogP contribution in [-0.2, 0) is 14.6 Å². The predicted molar refractivity (Wildman–Crippen MR) is 144 cm³/mol. The summed E-state index contributed by atoms with van der Waals surface area (Å²) in [7, 11) is -3.82. The van der Waals surface area contributed by atoms with Gasteiger partial charge in [0.1, 0.15) is 11.3 Å². The van der Waals surface area contributed by atoms with Gasteiger partial charge in [-0.1, -0.05) is 30.7 Å². The molecule has 2 aromatic heterocycles. The van der Waals surface area contributed by atoms with Crippen LogP contribution in [0.2, 0.25) is 5.02 Å². The van der Waals surface area contributed by atoms with Gasteiger partial charge in [0.15, 0.2) is 5.69 Å². The molecule has 2 N–H and O–H groups in total. The van der Waals surface area contributed by atoms with Gasteiger partial charge in [0.2, 0.25) is 20.8 Å². The Labute approximate surface area is 228 Å². The summed E-state index contributed by atoms with van der Waals surface area (Å²) in [4.78, 5) is 45.9. The smallest absolute Gasteiger partial charge is 0.338 e. The number of rotatable bonds is 9. The Balaban J connectivity index is 1.65. The third-order valence-corrected chi connectivity index (χ3v) is 7.36. The molecule has 0 bridgehead atoms. The van der Waals surface area contributed by atoms with Crippen LogP contribution in [-0.4, -0.2) is 48.5 Å². The number of halogens is 1. The van der Waals surface area contributed by atoms with Gasteiger partial charge < -0.3 is 19.8 Å². The van der Waals surface area contributed by atoms with Crippen molar-refractivity contribution in [3.8, 4) is 0 Å². The quantitative estimate of drug-likeness (QED) is 0.214. The summed E-state index contributed by atoms with van der Waals surface area (Å²) in [6.07, 6.45) is 1.37. The van der Waals surface area contributed by atoms with E-state index in [-0.39, 0.29) is 34.5 Å². The molecule has 0 unspecified atom stereocenters. The number of furan rings is 1. The minimum atomic E-state index is -3.82. The summed E-state index contributed by atoms with van der Waals surface area (Å²) in [5.74, 6) is -2.47. The van der Waals surface area contributed by atoms with Gasteiger partial charge in [0, 0.05) is 11.1 Å². The monoisotopic (exact) mass is 570 g/mol. The van der Waals surface area contributed by atoms with Gasteiger partial charge in [0.25, 0.3) is 11.8 Å². The molecule has 0 aliphatic rings. The number of aromatic nitrogens is 2. The number of fused-ring (bicyclic) bond motifs is 1. The van der Waals surface area contributed by atoms with E-state index < -0.39 is 32.8 Å². The van der Waals surface area contributed by atoms with Crippen LogP contribution in [0.3, 0.4) is 0 Å². The maximum Gasteiger partial charge on any atom is 0.338 e. The van der Waals surface area contributed by atoms with Crippen molar-refractivity contribution in [1.82, 2.24) is 9.97 Å². The molecule has 202 valence electrons. The summed E-state index contributed by atoms with van der Waals surface area (Å²) in [5.41, 5.74) is 0.635. The number of carbonyl (C=O) groups excluding carboxylic acids is 3. The zero-order chi connectivity index (χ0) is 28.2. The van der Waals surface area contributed by atoms with Crippen molar-refractivity contribution in [3.63, 3.8) is 0 Å². The van der Waals surface area contributed by atoms with Crippen molar-refractivity contribution in [1.29, 1.82) is 0 Å². The Morgan fingerprint density at radius 3 is 2.41 bits per heavy atom. The molecule has 13 heteroatoms. The summed E-state index contributed by atoms with van der Waals surface area (Å²) in [6.45, 7) is 3.61. The molecular weight excluding hydrogens is 548 g/mol. The van der Waals surface area contributed by atoms with Gasteiger partial charge in [-0.2, -0.15) is 0 Å². The lowest BCUT2D eigenvalue weighted by Gasteiger charge is -2.09. The summed E-state index contributed by atoms with van der Waals surface area (Å²) >= 11 is 6.12. The number of benzene rings is 2. The first kappa shape index (κ1) is 27.7. The van der Waals surface area contributed by atoms with Crippen molar-refractivity contribution >= 4 is 61.6 Å². The molecule has 4 aromatic rings. The molecule has 0 atom stereocenters. The predicted octanol–water partition coefficient (Wildman–Crippen LogP) is 4.74. The Morgan fingerprint density at radius 1 is 1.00 bits per heavy atom. The number of hydrogen-bond donors (Lipinski definition) is 2. The fraction of sp³-hybridized carbons (Fsp3) is 0.192. The molecule has 0 radical (unpaired) electrons. The van der Waals surface area contributed by atoms with Crippen LogP contribution in [0.15, 0.2) is 64.3 Å². The number of nitrogens with one attached hydrogen (secondary N) is 2. The van der Waals surface area contributed by atoms with E-state index in [1.54, 1.807) is 38.1 Å². The number of nitrogens with zero attached hydrogens (tertiary/aromatic N) is 2. The minimum Gasteiger partial charge on any atom is -0.462 e. The number of sulfone groups is 1. The van der Waals surface area contributed by atoms with Crippen molar-refractivity contribution in [2.45, 2.75) is 25.4 Å². The van der Waals surface area contributed by atoms with E-state index in [1.165, 1.54) is 24.3 Å². The first-order chi connectivity index (χ1) is 18.6. The molecule has 2 aromatic carbocycles. The third kappa shape index (κ3) is 6.07. The minimum absolute atomic E-state index is 0.0314. The molecular formula is C26H23ClN4O7S. The highest BCUT2D eigenvalue weighted by atomic mass is 35.5. The molecule has 0 aliphatic heterocycles.